The van der Waals surface area contributed by atoms with Crippen molar-refractivity contribution in [1.29, 1.82) is 0 Å². The van der Waals surface area contributed by atoms with Crippen molar-refractivity contribution >= 4 is 11.9 Å². The summed E-state index contributed by atoms with van der Waals surface area (Å²) in [5.41, 5.74) is 1.22. The maximum atomic E-state index is 11.8. The van der Waals surface area contributed by atoms with Crippen LogP contribution in [0.3, 0.4) is 0 Å². The van der Waals surface area contributed by atoms with E-state index < -0.39 is 0 Å². The second kappa shape index (κ2) is 8.73. The van der Waals surface area contributed by atoms with Gasteiger partial charge in [-0.3, -0.25) is 14.7 Å². The van der Waals surface area contributed by atoms with Gasteiger partial charge in [-0.2, -0.15) is 0 Å². The lowest BCUT2D eigenvalue weighted by atomic mass is 10.1. The number of carbonyl (C=O) groups excluding carboxylic acids is 1. The number of piperidine rings is 1. The Hall–Kier alpha value is -2.02. The molecule has 0 saturated carbocycles. The van der Waals surface area contributed by atoms with Crippen LogP contribution in [0.15, 0.2) is 23.3 Å². The van der Waals surface area contributed by atoms with Crippen LogP contribution in [0.4, 0.5) is 0 Å². The number of likely N-dealkylation sites (N-methyl/N-ethyl adjacent to an activating group) is 1. The molecule has 7 nitrogen and oxygen atoms in total. The Balaban J connectivity index is 1.73. The van der Waals surface area contributed by atoms with Crippen molar-refractivity contribution in [1.82, 2.24) is 25.0 Å². The first-order valence-electron chi connectivity index (χ1n) is 8.49. The van der Waals surface area contributed by atoms with Gasteiger partial charge in [-0.1, -0.05) is 0 Å². The molecule has 1 amide bonds. The maximum absolute atomic E-state index is 11.8. The Labute approximate surface area is 144 Å². The Morgan fingerprint density at radius 1 is 1.38 bits per heavy atom. The van der Waals surface area contributed by atoms with E-state index in [0.29, 0.717) is 12.6 Å². The van der Waals surface area contributed by atoms with E-state index in [-0.39, 0.29) is 5.91 Å². The Bertz CT molecular complexity index is 557. The van der Waals surface area contributed by atoms with Crippen LogP contribution < -0.4 is 10.6 Å². The Morgan fingerprint density at radius 2 is 2.08 bits per heavy atom. The Morgan fingerprint density at radius 3 is 2.62 bits per heavy atom. The minimum absolute atomic E-state index is 0.168. The van der Waals surface area contributed by atoms with Crippen LogP contribution in [-0.2, 0) is 18.4 Å². The van der Waals surface area contributed by atoms with Crippen molar-refractivity contribution in [3.8, 4) is 0 Å². The lowest BCUT2D eigenvalue weighted by Gasteiger charge is -2.33. The summed E-state index contributed by atoms with van der Waals surface area (Å²) in [4.78, 5) is 20.0. The number of aromatic nitrogens is 1. The molecule has 0 radical (unpaired) electrons. The highest BCUT2D eigenvalue weighted by Gasteiger charge is 2.21. The highest BCUT2D eigenvalue weighted by atomic mass is 16.2. The maximum Gasteiger partial charge on any atom is 0.236 e. The van der Waals surface area contributed by atoms with Gasteiger partial charge in [-0.25, -0.2) is 0 Å². The zero-order valence-corrected chi connectivity index (χ0v) is 15.2. The van der Waals surface area contributed by atoms with E-state index in [1.54, 1.807) is 26.0 Å². The minimum atomic E-state index is 0.168. The average Bonchev–Trinajstić information content (AvgIpc) is 2.98. The summed E-state index contributed by atoms with van der Waals surface area (Å²) in [5, 5.41) is 6.85. The van der Waals surface area contributed by atoms with Crippen molar-refractivity contribution in [3.63, 3.8) is 0 Å². The minimum Gasteiger partial charge on any atom is -0.354 e. The van der Waals surface area contributed by atoms with Gasteiger partial charge in [0.1, 0.15) is 0 Å². The van der Waals surface area contributed by atoms with Gasteiger partial charge >= 0.3 is 0 Å². The number of hydrogen-bond acceptors (Lipinski definition) is 3. The molecule has 1 fully saturated rings. The van der Waals surface area contributed by atoms with Crippen LogP contribution in [0.25, 0.3) is 0 Å². The zero-order valence-electron chi connectivity index (χ0n) is 15.2. The van der Waals surface area contributed by atoms with Gasteiger partial charge in [0.2, 0.25) is 5.91 Å². The number of rotatable bonds is 5. The van der Waals surface area contributed by atoms with E-state index in [0.717, 1.165) is 38.4 Å². The number of nitrogens with zero attached hydrogens (tertiary/aromatic N) is 4. The predicted octanol–water partition coefficient (Wildman–Crippen LogP) is 0.243. The van der Waals surface area contributed by atoms with E-state index in [1.165, 1.54) is 5.69 Å². The molecule has 1 aliphatic heterocycles. The molecule has 0 unspecified atom stereocenters. The second-order valence-corrected chi connectivity index (χ2v) is 6.52. The highest BCUT2D eigenvalue weighted by Crippen LogP contribution is 2.10. The number of aryl methyl sites for hydroxylation is 1. The molecule has 1 aromatic rings. The fourth-order valence-corrected chi connectivity index (χ4v) is 2.81. The largest absolute Gasteiger partial charge is 0.354 e. The summed E-state index contributed by atoms with van der Waals surface area (Å²) in [7, 11) is 7.45. The molecule has 1 saturated heterocycles. The van der Waals surface area contributed by atoms with Crippen molar-refractivity contribution in [3.05, 3.63) is 24.0 Å². The Kier molecular flexibility index (Phi) is 6.66. The SMILES string of the molecule is CN=C(NCc1cccn1C)NC1CCN(CC(=O)N(C)C)CC1. The van der Waals surface area contributed by atoms with Gasteiger partial charge in [0, 0.05) is 59.2 Å². The molecular weight excluding hydrogens is 304 g/mol. The number of amides is 1. The van der Waals surface area contributed by atoms with Crippen LogP contribution in [0.1, 0.15) is 18.5 Å². The summed E-state index contributed by atoms with van der Waals surface area (Å²) >= 11 is 0. The zero-order chi connectivity index (χ0) is 17.5. The number of hydrogen-bond donors (Lipinski definition) is 2. The van der Waals surface area contributed by atoms with Gasteiger partial charge in [0.05, 0.1) is 13.1 Å². The number of guanidine groups is 1. The van der Waals surface area contributed by atoms with E-state index in [4.69, 9.17) is 0 Å². The number of likely N-dealkylation sites (tertiary alicyclic amines) is 1. The first-order chi connectivity index (χ1) is 11.5. The molecule has 24 heavy (non-hydrogen) atoms. The molecule has 2 rings (SSSR count). The lowest BCUT2D eigenvalue weighted by Crippen LogP contribution is -2.50. The van der Waals surface area contributed by atoms with E-state index in [1.807, 2.05) is 19.3 Å². The fraction of sp³-hybridized carbons (Fsp3) is 0.647. The topological polar surface area (TPSA) is 64.9 Å². The summed E-state index contributed by atoms with van der Waals surface area (Å²) in [5.74, 6) is 1.00. The third-order valence-corrected chi connectivity index (χ3v) is 4.50. The molecular formula is C17H30N6O. The van der Waals surface area contributed by atoms with Crippen molar-refractivity contribution in [2.45, 2.75) is 25.4 Å². The fourth-order valence-electron chi connectivity index (χ4n) is 2.81. The van der Waals surface area contributed by atoms with Gasteiger partial charge in [0.25, 0.3) is 0 Å². The number of nitrogens with one attached hydrogen (secondary N) is 2. The first-order valence-corrected chi connectivity index (χ1v) is 8.49. The summed E-state index contributed by atoms with van der Waals surface area (Å²) < 4.78 is 2.10. The van der Waals surface area contributed by atoms with Crippen LogP contribution >= 0.6 is 0 Å². The molecule has 0 bridgehead atoms. The number of carbonyl (C=O) groups is 1. The van der Waals surface area contributed by atoms with Gasteiger partial charge < -0.3 is 20.1 Å². The van der Waals surface area contributed by atoms with Crippen LogP contribution in [0, 0.1) is 0 Å². The van der Waals surface area contributed by atoms with E-state index in [2.05, 4.69) is 31.2 Å². The van der Waals surface area contributed by atoms with Crippen LogP contribution in [0.2, 0.25) is 0 Å². The van der Waals surface area contributed by atoms with Gasteiger partial charge in [-0.15, -0.1) is 0 Å². The van der Waals surface area contributed by atoms with Gasteiger partial charge in [0.15, 0.2) is 5.96 Å². The number of aliphatic imine (C=N–C) groups is 1. The summed E-state index contributed by atoms with van der Waals surface area (Å²) in [6.45, 7) is 3.14. The third kappa shape index (κ3) is 5.26. The molecule has 1 aliphatic rings. The molecule has 2 heterocycles. The van der Waals surface area contributed by atoms with Crippen LogP contribution in [-0.4, -0.2) is 73.1 Å². The third-order valence-electron chi connectivity index (χ3n) is 4.50. The highest BCUT2D eigenvalue weighted by molar-refractivity contribution is 5.80. The lowest BCUT2D eigenvalue weighted by molar-refractivity contribution is -0.130. The molecule has 0 atom stereocenters. The smallest absolute Gasteiger partial charge is 0.236 e. The van der Waals surface area contributed by atoms with E-state index >= 15 is 0 Å². The van der Waals surface area contributed by atoms with Crippen LogP contribution in [0.5, 0.6) is 0 Å². The molecule has 134 valence electrons. The summed E-state index contributed by atoms with van der Waals surface area (Å²) in [6.07, 6.45) is 4.08. The van der Waals surface area contributed by atoms with Crippen molar-refractivity contribution in [2.75, 3.05) is 40.8 Å². The predicted molar refractivity (Wildman–Crippen MR) is 96.9 cm³/mol. The van der Waals surface area contributed by atoms with Gasteiger partial charge in [-0.05, 0) is 25.0 Å². The van der Waals surface area contributed by atoms with E-state index in [9.17, 15) is 4.79 Å². The van der Waals surface area contributed by atoms with Crippen molar-refractivity contribution < 1.29 is 4.79 Å². The first kappa shape index (κ1) is 18.3. The molecule has 0 spiro atoms. The molecule has 0 aliphatic carbocycles. The normalized spacial score (nSPS) is 16.9. The standard InChI is InChI=1S/C17H30N6O/c1-18-17(19-12-15-6-5-9-22(15)4)20-14-7-10-23(11-8-14)13-16(24)21(2)3/h5-6,9,14H,7-8,10-13H2,1-4H3,(H2,18,19,20). The van der Waals surface area contributed by atoms with Crippen molar-refractivity contribution in [2.24, 2.45) is 12.0 Å². The quantitative estimate of drug-likeness (QED) is 0.598. The monoisotopic (exact) mass is 334 g/mol. The molecule has 0 aromatic carbocycles. The molecule has 1 aromatic heterocycles. The molecule has 7 heteroatoms. The average molecular weight is 334 g/mol. The summed E-state index contributed by atoms with van der Waals surface area (Å²) in [6, 6.07) is 4.54. The molecule has 2 N–H and O–H groups in total. The second-order valence-electron chi connectivity index (χ2n) is 6.52.